The van der Waals surface area contributed by atoms with Crippen molar-refractivity contribution in [3.8, 4) is 0 Å². The molecule has 2 N–H and O–H groups in total. The summed E-state index contributed by atoms with van der Waals surface area (Å²) in [4.78, 5) is 24.7. The maximum atomic E-state index is 11.3. The Balaban J connectivity index is 1.44. The van der Waals surface area contributed by atoms with Gasteiger partial charge in [-0.3, -0.25) is 0 Å². The van der Waals surface area contributed by atoms with E-state index in [1.54, 1.807) is 6.20 Å². The highest BCUT2D eigenvalue weighted by molar-refractivity contribution is 5.70. The molecule has 8 heteroatoms. The molecule has 0 unspecified atom stereocenters. The Kier molecular flexibility index (Phi) is 3.91. The van der Waals surface area contributed by atoms with Gasteiger partial charge in [-0.2, -0.15) is 4.98 Å². The fourth-order valence-electron chi connectivity index (χ4n) is 3.73. The lowest BCUT2D eigenvalue weighted by molar-refractivity contribution is 0.0364. The Hall–Kier alpha value is -2.09. The number of carbonyl (C=O) groups is 1. The van der Waals surface area contributed by atoms with Crippen molar-refractivity contribution in [1.29, 1.82) is 0 Å². The number of hydrogen-bond acceptors (Lipinski definition) is 7. The van der Waals surface area contributed by atoms with Gasteiger partial charge in [0.15, 0.2) is 0 Å². The minimum atomic E-state index is -0.359. The molecule has 130 valence electrons. The van der Waals surface area contributed by atoms with E-state index in [1.165, 1.54) is 0 Å². The summed E-state index contributed by atoms with van der Waals surface area (Å²) in [6, 6.07) is 1.90. The number of amides is 1. The zero-order chi connectivity index (χ0) is 16.6. The van der Waals surface area contributed by atoms with E-state index < -0.39 is 0 Å². The van der Waals surface area contributed by atoms with Crippen LogP contribution in [0.4, 0.5) is 16.6 Å². The predicted molar refractivity (Wildman–Crippen MR) is 88.1 cm³/mol. The van der Waals surface area contributed by atoms with Crippen LogP contribution in [0.3, 0.4) is 0 Å². The molecule has 4 rings (SSSR count). The van der Waals surface area contributed by atoms with E-state index in [0.717, 1.165) is 51.1 Å². The zero-order valence-electron chi connectivity index (χ0n) is 13.6. The Morgan fingerprint density at radius 2 is 2.12 bits per heavy atom. The Labute approximate surface area is 140 Å². The summed E-state index contributed by atoms with van der Waals surface area (Å²) in [7, 11) is 0. The van der Waals surface area contributed by atoms with Gasteiger partial charge in [-0.1, -0.05) is 0 Å². The molecule has 1 spiro atoms. The van der Waals surface area contributed by atoms with E-state index in [9.17, 15) is 9.90 Å². The molecule has 0 saturated carbocycles. The number of alkyl carbamates (subject to hydrolysis) is 1. The van der Waals surface area contributed by atoms with Crippen LogP contribution in [0.25, 0.3) is 0 Å². The number of piperidine rings is 2. The zero-order valence-corrected chi connectivity index (χ0v) is 13.6. The Bertz CT molecular complexity index is 617. The molecule has 3 saturated heterocycles. The van der Waals surface area contributed by atoms with Crippen LogP contribution in [0.15, 0.2) is 12.3 Å². The van der Waals surface area contributed by atoms with Crippen LogP contribution in [-0.4, -0.2) is 65.6 Å². The third kappa shape index (κ3) is 2.98. The lowest BCUT2D eigenvalue weighted by Gasteiger charge is -2.37. The summed E-state index contributed by atoms with van der Waals surface area (Å²) in [5.41, 5.74) is -0.359. The quantitative estimate of drug-likeness (QED) is 0.815. The fourth-order valence-corrected chi connectivity index (χ4v) is 3.73. The van der Waals surface area contributed by atoms with E-state index >= 15 is 0 Å². The molecule has 3 aliphatic rings. The van der Waals surface area contributed by atoms with Crippen LogP contribution >= 0.6 is 0 Å². The monoisotopic (exact) mass is 333 g/mol. The number of nitrogens with zero attached hydrogens (tertiary/aromatic N) is 4. The normalized spacial score (nSPS) is 26.4. The number of aliphatic hydroxyl groups excluding tert-OH is 1. The molecule has 4 heterocycles. The van der Waals surface area contributed by atoms with Gasteiger partial charge in [-0.05, 0) is 18.9 Å². The van der Waals surface area contributed by atoms with Crippen LogP contribution in [-0.2, 0) is 4.74 Å². The van der Waals surface area contributed by atoms with Crippen molar-refractivity contribution < 1.29 is 14.6 Å². The van der Waals surface area contributed by atoms with Crippen LogP contribution in [0, 0.1) is 0 Å². The van der Waals surface area contributed by atoms with Crippen molar-refractivity contribution in [3.63, 3.8) is 0 Å². The number of β-amino-alcohol motifs (C(OH)–C–C–N with tert-alkyl or cyclic N) is 1. The molecular weight excluding hydrogens is 310 g/mol. The highest BCUT2D eigenvalue weighted by Gasteiger charge is 2.43. The van der Waals surface area contributed by atoms with E-state index in [0.29, 0.717) is 19.0 Å². The molecule has 0 bridgehead atoms. The number of ether oxygens (including phenoxy) is 1. The number of carbonyl (C=O) groups excluding carboxylic acids is 1. The van der Waals surface area contributed by atoms with Gasteiger partial charge in [0.1, 0.15) is 11.4 Å². The summed E-state index contributed by atoms with van der Waals surface area (Å²) >= 11 is 0. The van der Waals surface area contributed by atoms with Gasteiger partial charge in [0.25, 0.3) is 0 Å². The van der Waals surface area contributed by atoms with E-state index in [1.807, 2.05) is 6.07 Å². The average Bonchev–Trinajstić information content (AvgIpc) is 2.96. The fraction of sp³-hybridized carbons (Fsp3) is 0.688. The highest BCUT2D eigenvalue weighted by Crippen LogP contribution is 2.31. The number of aromatic nitrogens is 2. The summed E-state index contributed by atoms with van der Waals surface area (Å²) in [5, 5.41) is 12.6. The van der Waals surface area contributed by atoms with Crippen molar-refractivity contribution in [3.05, 3.63) is 12.3 Å². The second kappa shape index (κ2) is 6.08. The molecule has 1 aromatic heterocycles. The SMILES string of the molecule is O=C1NCC2(CCN(c3nccc(N4CCC[C@H](O)C4)n3)CC2)O1. The molecule has 1 atom stereocenters. The van der Waals surface area contributed by atoms with Gasteiger partial charge in [-0.25, -0.2) is 9.78 Å². The van der Waals surface area contributed by atoms with Crippen molar-refractivity contribution >= 4 is 17.9 Å². The number of rotatable bonds is 2. The summed E-state index contributed by atoms with van der Waals surface area (Å²) < 4.78 is 5.45. The standard InChI is InChI=1S/C16H23N5O3/c22-12-2-1-7-21(10-12)13-3-6-17-14(19-13)20-8-4-16(5-9-20)11-18-15(23)24-16/h3,6,12,22H,1-2,4-5,7-11H2,(H,18,23)/t12-/m0/s1. The maximum absolute atomic E-state index is 11.3. The number of nitrogens with one attached hydrogen (secondary N) is 1. The number of hydrogen-bond donors (Lipinski definition) is 2. The smallest absolute Gasteiger partial charge is 0.407 e. The van der Waals surface area contributed by atoms with Gasteiger partial charge < -0.3 is 25.0 Å². The molecule has 24 heavy (non-hydrogen) atoms. The third-order valence-electron chi connectivity index (χ3n) is 5.17. The molecule has 8 nitrogen and oxygen atoms in total. The third-order valence-corrected chi connectivity index (χ3v) is 5.17. The maximum Gasteiger partial charge on any atom is 0.407 e. The molecule has 3 aliphatic heterocycles. The first-order valence-electron chi connectivity index (χ1n) is 8.61. The van der Waals surface area contributed by atoms with Gasteiger partial charge in [0, 0.05) is 45.2 Å². The first-order valence-corrected chi connectivity index (χ1v) is 8.61. The molecule has 0 radical (unpaired) electrons. The van der Waals surface area contributed by atoms with Gasteiger partial charge in [-0.15, -0.1) is 0 Å². The lowest BCUT2D eigenvalue weighted by atomic mass is 9.92. The number of aliphatic hydroxyl groups is 1. The molecule has 1 amide bonds. The second-order valence-electron chi connectivity index (χ2n) is 6.87. The summed E-state index contributed by atoms with van der Waals surface area (Å²) in [5.74, 6) is 1.58. The first kappa shape index (κ1) is 15.4. The molecule has 0 aliphatic carbocycles. The minimum absolute atomic E-state index is 0.281. The predicted octanol–water partition coefficient (Wildman–Crippen LogP) is 0.516. The van der Waals surface area contributed by atoms with E-state index in [2.05, 4.69) is 20.1 Å². The second-order valence-corrected chi connectivity index (χ2v) is 6.87. The molecule has 1 aromatic rings. The summed E-state index contributed by atoms with van der Waals surface area (Å²) in [6.45, 7) is 3.66. The van der Waals surface area contributed by atoms with Gasteiger partial charge in [0.05, 0.1) is 12.6 Å². The average molecular weight is 333 g/mol. The van der Waals surface area contributed by atoms with Crippen molar-refractivity contribution in [1.82, 2.24) is 15.3 Å². The van der Waals surface area contributed by atoms with Crippen molar-refractivity contribution in [2.45, 2.75) is 37.4 Å². The minimum Gasteiger partial charge on any atom is -0.441 e. The lowest BCUT2D eigenvalue weighted by Crippen LogP contribution is -2.47. The van der Waals surface area contributed by atoms with E-state index in [4.69, 9.17) is 9.72 Å². The number of anilines is 2. The van der Waals surface area contributed by atoms with Crippen molar-refractivity contribution in [2.24, 2.45) is 0 Å². The summed E-state index contributed by atoms with van der Waals surface area (Å²) in [6.07, 6.45) is 4.58. The molecule has 3 fully saturated rings. The Morgan fingerprint density at radius 1 is 1.29 bits per heavy atom. The largest absolute Gasteiger partial charge is 0.441 e. The van der Waals surface area contributed by atoms with Gasteiger partial charge >= 0.3 is 6.09 Å². The topological polar surface area (TPSA) is 90.8 Å². The van der Waals surface area contributed by atoms with Crippen LogP contribution < -0.4 is 15.1 Å². The highest BCUT2D eigenvalue weighted by atomic mass is 16.6. The Morgan fingerprint density at radius 3 is 2.83 bits per heavy atom. The van der Waals surface area contributed by atoms with Crippen LogP contribution in [0.5, 0.6) is 0 Å². The van der Waals surface area contributed by atoms with E-state index in [-0.39, 0.29) is 17.8 Å². The van der Waals surface area contributed by atoms with Crippen LogP contribution in [0.2, 0.25) is 0 Å². The van der Waals surface area contributed by atoms with Crippen molar-refractivity contribution in [2.75, 3.05) is 42.5 Å². The molecular formula is C16H23N5O3. The first-order chi connectivity index (χ1) is 11.6. The molecule has 0 aromatic carbocycles. The van der Waals surface area contributed by atoms with Crippen LogP contribution in [0.1, 0.15) is 25.7 Å². The van der Waals surface area contributed by atoms with Gasteiger partial charge in [0.2, 0.25) is 5.95 Å².